The van der Waals surface area contributed by atoms with Crippen LogP contribution in [0.2, 0.25) is 0 Å². The summed E-state index contributed by atoms with van der Waals surface area (Å²) in [5, 5.41) is 0.689. The monoisotopic (exact) mass is 422 g/mol. The molecule has 3 aromatic rings. The summed E-state index contributed by atoms with van der Waals surface area (Å²) in [5.74, 6) is -1.08. The number of carbonyl (C=O) groups excluding carboxylic acids is 3. The zero-order valence-corrected chi connectivity index (χ0v) is 18.2. The van der Waals surface area contributed by atoms with Crippen LogP contribution in [-0.2, 0) is 20.8 Å². The fourth-order valence-corrected chi connectivity index (χ4v) is 3.67. The zero-order chi connectivity index (χ0) is 22.5. The van der Waals surface area contributed by atoms with Gasteiger partial charge in [0, 0.05) is 41.0 Å². The Balaban J connectivity index is 1.69. The summed E-state index contributed by atoms with van der Waals surface area (Å²) in [6.07, 6.45) is 0.924. The molecule has 0 aliphatic rings. The van der Waals surface area contributed by atoms with E-state index in [0.717, 1.165) is 11.4 Å². The quantitative estimate of drug-likeness (QED) is 0.403. The SMILES string of the molecule is COC(=O)CCCn1c(C)cc(C(=O)COC(=O)c2cc(C)nc3ccccc23)c1C. The van der Waals surface area contributed by atoms with Crippen molar-refractivity contribution in [3.8, 4) is 0 Å². The van der Waals surface area contributed by atoms with E-state index >= 15 is 0 Å². The first-order valence-corrected chi connectivity index (χ1v) is 10.1. The highest BCUT2D eigenvalue weighted by atomic mass is 16.5. The number of para-hydroxylation sites is 1. The van der Waals surface area contributed by atoms with Crippen molar-refractivity contribution in [2.45, 2.75) is 40.2 Å². The van der Waals surface area contributed by atoms with E-state index in [1.165, 1.54) is 7.11 Å². The lowest BCUT2D eigenvalue weighted by atomic mass is 10.1. The molecule has 7 heteroatoms. The second-order valence-electron chi connectivity index (χ2n) is 7.44. The molecule has 31 heavy (non-hydrogen) atoms. The van der Waals surface area contributed by atoms with Gasteiger partial charge < -0.3 is 14.0 Å². The van der Waals surface area contributed by atoms with Gasteiger partial charge in [0.15, 0.2) is 6.61 Å². The topological polar surface area (TPSA) is 87.5 Å². The van der Waals surface area contributed by atoms with Crippen LogP contribution in [0.4, 0.5) is 0 Å². The molecule has 0 radical (unpaired) electrons. The Morgan fingerprint density at radius 1 is 1.03 bits per heavy atom. The first-order chi connectivity index (χ1) is 14.8. The van der Waals surface area contributed by atoms with Gasteiger partial charge in [-0.1, -0.05) is 18.2 Å². The number of aromatic nitrogens is 2. The molecule has 1 aromatic carbocycles. The fraction of sp³-hybridized carbons (Fsp3) is 0.333. The Labute approximate surface area is 181 Å². The van der Waals surface area contributed by atoms with Crippen LogP contribution in [0.3, 0.4) is 0 Å². The Morgan fingerprint density at radius 3 is 2.52 bits per heavy atom. The molecule has 0 aliphatic carbocycles. The number of nitrogens with zero attached hydrogens (tertiary/aromatic N) is 2. The molecule has 0 bridgehead atoms. The maximum absolute atomic E-state index is 12.7. The van der Waals surface area contributed by atoms with E-state index in [0.29, 0.717) is 47.1 Å². The Hall–Kier alpha value is -3.48. The second-order valence-corrected chi connectivity index (χ2v) is 7.44. The number of hydrogen-bond acceptors (Lipinski definition) is 6. The summed E-state index contributed by atoms with van der Waals surface area (Å²) in [6, 6.07) is 10.8. The van der Waals surface area contributed by atoms with Gasteiger partial charge in [0.1, 0.15) is 0 Å². The van der Waals surface area contributed by atoms with Crippen molar-refractivity contribution in [1.29, 1.82) is 0 Å². The fourth-order valence-electron chi connectivity index (χ4n) is 3.67. The molecule has 0 fully saturated rings. The van der Waals surface area contributed by atoms with Gasteiger partial charge in [-0.15, -0.1) is 0 Å². The van der Waals surface area contributed by atoms with E-state index in [1.54, 1.807) is 12.1 Å². The van der Waals surface area contributed by atoms with Crippen LogP contribution in [0.25, 0.3) is 10.9 Å². The predicted molar refractivity (Wildman–Crippen MR) is 116 cm³/mol. The molecule has 2 aromatic heterocycles. The van der Waals surface area contributed by atoms with E-state index in [1.807, 2.05) is 49.6 Å². The van der Waals surface area contributed by atoms with Crippen molar-refractivity contribution in [1.82, 2.24) is 9.55 Å². The minimum absolute atomic E-state index is 0.260. The molecule has 0 saturated carbocycles. The third-order valence-corrected chi connectivity index (χ3v) is 5.26. The molecule has 162 valence electrons. The number of benzene rings is 1. The third-order valence-electron chi connectivity index (χ3n) is 5.26. The van der Waals surface area contributed by atoms with Crippen LogP contribution in [0.1, 0.15) is 50.6 Å². The highest BCUT2D eigenvalue weighted by Gasteiger charge is 2.19. The van der Waals surface area contributed by atoms with Gasteiger partial charge in [0.05, 0.1) is 18.2 Å². The molecule has 0 unspecified atom stereocenters. The maximum atomic E-state index is 12.7. The van der Waals surface area contributed by atoms with E-state index < -0.39 is 5.97 Å². The summed E-state index contributed by atoms with van der Waals surface area (Å²) in [4.78, 5) is 41.2. The molecule has 7 nitrogen and oxygen atoms in total. The van der Waals surface area contributed by atoms with E-state index in [2.05, 4.69) is 9.72 Å². The van der Waals surface area contributed by atoms with Gasteiger partial charge in [-0.05, 0) is 45.4 Å². The number of pyridine rings is 1. The molecule has 0 atom stereocenters. The molecule has 0 saturated heterocycles. The summed E-state index contributed by atoms with van der Waals surface area (Å²) in [5.41, 5.74) is 4.01. The number of carbonyl (C=O) groups is 3. The van der Waals surface area contributed by atoms with Crippen molar-refractivity contribution in [3.05, 3.63) is 64.6 Å². The van der Waals surface area contributed by atoms with Gasteiger partial charge in [-0.3, -0.25) is 14.6 Å². The number of hydrogen-bond donors (Lipinski definition) is 0. The predicted octanol–water partition coefficient (Wildman–Crippen LogP) is 3.95. The highest BCUT2D eigenvalue weighted by Crippen LogP contribution is 2.20. The lowest BCUT2D eigenvalue weighted by Crippen LogP contribution is -2.16. The van der Waals surface area contributed by atoms with Gasteiger partial charge >= 0.3 is 11.9 Å². The standard InChI is InChI=1S/C24H26N2O5/c1-15-12-20(18-8-5-6-9-21(18)25-15)24(29)31-14-22(27)19-13-16(2)26(17(19)3)11-7-10-23(28)30-4/h5-6,8-9,12-13H,7,10-11,14H2,1-4H3. The third kappa shape index (κ3) is 4.99. The normalized spacial score (nSPS) is 10.8. The van der Waals surface area contributed by atoms with Gasteiger partial charge in [0.25, 0.3) is 0 Å². The van der Waals surface area contributed by atoms with Crippen LogP contribution in [0.15, 0.2) is 36.4 Å². The first-order valence-electron chi connectivity index (χ1n) is 10.1. The number of ketones is 1. The van der Waals surface area contributed by atoms with Crippen LogP contribution in [-0.4, -0.2) is 41.0 Å². The second kappa shape index (κ2) is 9.55. The summed E-state index contributed by atoms with van der Waals surface area (Å²) >= 11 is 0. The Bertz CT molecular complexity index is 1150. The average Bonchev–Trinajstić information content (AvgIpc) is 3.04. The van der Waals surface area contributed by atoms with Crippen molar-refractivity contribution < 1.29 is 23.9 Å². The first kappa shape index (κ1) is 22.2. The summed E-state index contributed by atoms with van der Waals surface area (Å²) < 4.78 is 12.0. The molecule has 0 spiro atoms. The molecule has 0 amide bonds. The van der Waals surface area contributed by atoms with E-state index in [4.69, 9.17) is 4.74 Å². The summed E-state index contributed by atoms with van der Waals surface area (Å²) in [7, 11) is 1.36. The largest absolute Gasteiger partial charge is 0.469 e. The lowest BCUT2D eigenvalue weighted by molar-refractivity contribution is -0.140. The van der Waals surface area contributed by atoms with Gasteiger partial charge in [-0.2, -0.15) is 0 Å². The molecule has 3 rings (SSSR count). The van der Waals surface area contributed by atoms with Crippen LogP contribution >= 0.6 is 0 Å². The van der Waals surface area contributed by atoms with Gasteiger partial charge in [0.2, 0.25) is 5.78 Å². The molecular weight excluding hydrogens is 396 g/mol. The minimum Gasteiger partial charge on any atom is -0.469 e. The van der Waals surface area contributed by atoms with Crippen LogP contribution < -0.4 is 0 Å². The average molecular weight is 422 g/mol. The number of esters is 2. The maximum Gasteiger partial charge on any atom is 0.339 e. The smallest absolute Gasteiger partial charge is 0.339 e. The molecule has 0 N–H and O–H groups in total. The Morgan fingerprint density at radius 2 is 1.77 bits per heavy atom. The molecule has 0 aliphatic heterocycles. The lowest BCUT2D eigenvalue weighted by Gasteiger charge is -2.10. The van der Waals surface area contributed by atoms with Crippen molar-refractivity contribution >= 4 is 28.6 Å². The number of ether oxygens (including phenoxy) is 2. The minimum atomic E-state index is -0.554. The van der Waals surface area contributed by atoms with Gasteiger partial charge in [-0.25, -0.2) is 4.79 Å². The number of Topliss-reactive ketones (excluding diaryl/α,β-unsaturated/α-hetero) is 1. The van der Waals surface area contributed by atoms with Crippen LogP contribution in [0.5, 0.6) is 0 Å². The molecule has 2 heterocycles. The number of aryl methyl sites for hydroxylation is 2. The molecular formula is C24H26N2O5. The van der Waals surface area contributed by atoms with Crippen molar-refractivity contribution in [2.75, 3.05) is 13.7 Å². The number of fused-ring (bicyclic) bond motifs is 1. The van der Waals surface area contributed by atoms with Crippen LogP contribution in [0, 0.1) is 20.8 Å². The Kier molecular flexibility index (Phi) is 6.84. The van der Waals surface area contributed by atoms with E-state index in [9.17, 15) is 14.4 Å². The number of rotatable bonds is 8. The number of methoxy groups -OCH3 is 1. The summed E-state index contributed by atoms with van der Waals surface area (Å²) in [6.45, 7) is 5.81. The van der Waals surface area contributed by atoms with E-state index in [-0.39, 0.29) is 18.4 Å². The zero-order valence-electron chi connectivity index (χ0n) is 18.2. The van der Waals surface area contributed by atoms with Crippen molar-refractivity contribution in [2.24, 2.45) is 0 Å². The van der Waals surface area contributed by atoms with Crippen molar-refractivity contribution in [3.63, 3.8) is 0 Å². The highest BCUT2D eigenvalue weighted by molar-refractivity contribution is 6.05.